The average Bonchev–Trinajstić information content (AvgIpc) is 2.15. The predicted molar refractivity (Wildman–Crippen MR) is 57.4 cm³/mol. The minimum absolute atomic E-state index is 0.00664. The molecule has 0 aliphatic rings. The first kappa shape index (κ1) is 10.9. The fourth-order valence-corrected chi connectivity index (χ4v) is 1.27. The molecule has 0 bridgehead atoms. The van der Waals surface area contributed by atoms with Crippen molar-refractivity contribution in [3.63, 3.8) is 0 Å². The lowest BCUT2D eigenvalue weighted by Gasteiger charge is -2.03. The summed E-state index contributed by atoms with van der Waals surface area (Å²) in [7, 11) is 0. The van der Waals surface area contributed by atoms with E-state index < -0.39 is 4.92 Å². The molecule has 0 saturated heterocycles. The van der Waals surface area contributed by atoms with Crippen molar-refractivity contribution in [2.24, 2.45) is 0 Å². The number of hydrogen-bond donors (Lipinski definition) is 1. The second-order valence-electron chi connectivity index (χ2n) is 2.71. The molecule has 0 saturated carbocycles. The third kappa shape index (κ3) is 2.66. The lowest BCUT2D eigenvalue weighted by Crippen LogP contribution is -2.05. The van der Waals surface area contributed by atoms with Crippen LogP contribution in [0.1, 0.15) is 13.3 Å². The summed E-state index contributed by atoms with van der Waals surface area (Å²) in [6.45, 7) is 2.66. The summed E-state index contributed by atoms with van der Waals surface area (Å²) in [5, 5.41) is 13.5. The smallest absolute Gasteiger partial charge is 0.312 e. The maximum atomic E-state index is 10.6. The highest BCUT2D eigenvalue weighted by molar-refractivity contribution is 9.10. The van der Waals surface area contributed by atoms with Gasteiger partial charge in [0.05, 0.1) is 4.92 Å². The van der Waals surface area contributed by atoms with Gasteiger partial charge in [-0.05, 0) is 22.4 Å². The van der Waals surface area contributed by atoms with Gasteiger partial charge in [-0.15, -0.1) is 0 Å². The van der Waals surface area contributed by atoms with E-state index in [1.165, 1.54) is 12.3 Å². The molecule has 0 radical (unpaired) electrons. The third-order valence-corrected chi connectivity index (χ3v) is 2.01. The monoisotopic (exact) mass is 259 g/mol. The van der Waals surface area contributed by atoms with E-state index >= 15 is 0 Å². The fraction of sp³-hybridized carbons (Fsp3) is 0.375. The molecule has 1 N–H and O–H groups in total. The number of nitrogens with zero attached hydrogens (tertiary/aromatic N) is 2. The third-order valence-electron chi connectivity index (χ3n) is 1.57. The maximum absolute atomic E-state index is 10.6. The highest BCUT2D eigenvalue weighted by Gasteiger charge is 2.14. The van der Waals surface area contributed by atoms with Gasteiger partial charge in [-0.2, -0.15) is 0 Å². The maximum Gasteiger partial charge on any atom is 0.312 e. The van der Waals surface area contributed by atoms with Gasteiger partial charge in [-0.3, -0.25) is 10.1 Å². The molecule has 76 valence electrons. The standard InChI is InChI=1S/C8H10BrN3O2/c1-2-3-10-8-7(12(13)14)4-6(9)5-11-8/h4-5H,2-3H2,1H3,(H,10,11). The van der Waals surface area contributed by atoms with Gasteiger partial charge < -0.3 is 5.32 Å². The van der Waals surface area contributed by atoms with Gasteiger partial charge in [0.15, 0.2) is 0 Å². The van der Waals surface area contributed by atoms with E-state index in [0.29, 0.717) is 16.8 Å². The van der Waals surface area contributed by atoms with Crippen LogP contribution in [-0.4, -0.2) is 16.5 Å². The minimum Gasteiger partial charge on any atom is -0.364 e. The summed E-state index contributed by atoms with van der Waals surface area (Å²) >= 11 is 3.14. The van der Waals surface area contributed by atoms with Gasteiger partial charge in [-0.25, -0.2) is 4.98 Å². The summed E-state index contributed by atoms with van der Waals surface area (Å²) in [6.07, 6.45) is 2.43. The molecule has 0 atom stereocenters. The highest BCUT2D eigenvalue weighted by Crippen LogP contribution is 2.24. The first-order chi connectivity index (χ1) is 6.65. The van der Waals surface area contributed by atoms with Crippen molar-refractivity contribution in [3.05, 3.63) is 26.9 Å². The Morgan fingerprint density at radius 2 is 2.43 bits per heavy atom. The predicted octanol–water partition coefficient (Wildman–Crippen LogP) is 2.57. The quantitative estimate of drug-likeness (QED) is 0.667. The fourth-order valence-electron chi connectivity index (χ4n) is 0.947. The van der Waals surface area contributed by atoms with Crippen LogP contribution in [0.5, 0.6) is 0 Å². The van der Waals surface area contributed by atoms with Crippen molar-refractivity contribution in [1.29, 1.82) is 0 Å². The average molecular weight is 260 g/mol. The van der Waals surface area contributed by atoms with E-state index in [0.717, 1.165) is 6.42 Å². The molecule has 0 spiro atoms. The number of nitro groups is 1. The summed E-state index contributed by atoms with van der Waals surface area (Å²) in [6, 6.07) is 1.44. The summed E-state index contributed by atoms with van der Waals surface area (Å²) < 4.78 is 0.603. The molecule has 6 heteroatoms. The van der Waals surface area contributed by atoms with Crippen molar-refractivity contribution in [2.75, 3.05) is 11.9 Å². The van der Waals surface area contributed by atoms with Gasteiger partial charge in [0.2, 0.25) is 5.82 Å². The SMILES string of the molecule is CCCNc1ncc(Br)cc1[N+](=O)[O-]. The molecular formula is C8H10BrN3O2. The Labute approximate surface area is 89.8 Å². The van der Waals surface area contributed by atoms with Crippen molar-refractivity contribution < 1.29 is 4.92 Å². The van der Waals surface area contributed by atoms with Gasteiger partial charge in [0.1, 0.15) is 0 Å². The van der Waals surface area contributed by atoms with Crippen LogP contribution in [0.2, 0.25) is 0 Å². The number of aromatic nitrogens is 1. The van der Waals surface area contributed by atoms with Gasteiger partial charge in [0, 0.05) is 23.3 Å². The van der Waals surface area contributed by atoms with Crippen LogP contribution in [0.25, 0.3) is 0 Å². The van der Waals surface area contributed by atoms with Gasteiger partial charge >= 0.3 is 5.69 Å². The largest absolute Gasteiger partial charge is 0.364 e. The molecule has 0 aromatic carbocycles. The number of halogens is 1. The van der Waals surface area contributed by atoms with Crippen molar-refractivity contribution in [2.45, 2.75) is 13.3 Å². The molecule has 1 heterocycles. The number of pyridine rings is 1. The molecule has 0 unspecified atom stereocenters. The Bertz CT molecular complexity index is 343. The molecule has 0 fully saturated rings. The van der Waals surface area contributed by atoms with E-state index in [-0.39, 0.29) is 5.69 Å². The second-order valence-corrected chi connectivity index (χ2v) is 3.62. The Morgan fingerprint density at radius 3 is 3.00 bits per heavy atom. The zero-order valence-corrected chi connectivity index (χ0v) is 9.24. The van der Waals surface area contributed by atoms with Crippen LogP contribution >= 0.6 is 15.9 Å². The molecule has 0 amide bonds. The van der Waals surface area contributed by atoms with Crippen LogP contribution < -0.4 is 5.32 Å². The van der Waals surface area contributed by atoms with Crippen molar-refractivity contribution >= 4 is 27.4 Å². The lowest BCUT2D eigenvalue weighted by molar-refractivity contribution is -0.384. The first-order valence-corrected chi connectivity index (χ1v) is 4.98. The molecule has 0 aliphatic carbocycles. The molecule has 1 aromatic heterocycles. The number of anilines is 1. The normalized spacial score (nSPS) is 9.86. The molecule has 0 aliphatic heterocycles. The molecular weight excluding hydrogens is 250 g/mol. The Balaban J connectivity index is 2.96. The van der Waals surface area contributed by atoms with Crippen LogP contribution in [0.4, 0.5) is 11.5 Å². The van der Waals surface area contributed by atoms with Crippen molar-refractivity contribution in [1.82, 2.24) is 4.98 Å². The van der Waals surface area contributed by atoms with E-state index in [1.54, 1.807) is 0 Å². The van der Waals surface area contributed by atoms with Crippen LogP contribution in [0.3, 0.4) is 0 Å². The first-order valence-electron chi connectivity index (χ1n) is 4.19. The van der Waals surface area contributed by atoms with Gasteiger partial charge in [-0.1, -0.05) is 6.92 Å². The molecule has 1 aromatic rings. The Hall–Kier alpha value is -1.17. The topological polar surface area (TPSA) is 68.1 Å². The highest BCUT2D eigenvalue weighted by atomic mass is 79.9. The zero-order valence-electron chi connectivity index (χ0n) is 7.66. The molecule has 14 heavy (non-hydrogen) atoms. The number of rotatable bonds is 4. The molecule has 5 nitrogen and oxygen atoms in total. The van der Waals surface area contributed by atoms with E-state index in [9.17, 15) is 10.1 Å². The number of hydrogen-bond acceptors (Lipinski definition) is 4. The zero-order chi connectivity index (χ0) is 10.6. The van der Waals surface area contributed by atoms with E-state index in [1.807, 2.05) is 6.92 Å². The minimum atomic E-state index is -0.449. The molecule has 1 rings (SSSR count). The van der Waals surface area contributed by atoms with E-state index in [2.05, 4.69) is 26.2 Å². The summed E-state index contributed by atoms with van der Waals surface area (Å²) in [5.74, 6) is 0.319. The number of nitrogens with one attached hydrogen (secondary N) is 1. The van der Waals surface area contributed by atoms with Crippen LogP contribution in [0, 0.1) is 10.1 Å². The van der Waals surface area contributed by atoms with Crippen LogP contribution in [0.15, 0.2) is 16.7 Å². The van der Waals surface area contributed by atoms with E-state index in [4.69, 9.17) is 0 Å². The Morgan fingerprint density at radius 1 is 1.71 bits per heavy atom. The van der Waals surface area contributed by atoms with Crippen LogP contribution in [-0.2, 0) is 0 Å². The lowest BCUT2D eigenvalue weighted by atomic mass is 10.4. The second kappa shape index (κ2) is 4.90. The summed E-state index contributed by atoms with van der Waals surface area (Å²) in [4.78, 5) is 14.1. The van der Waals surface area contributed by atoms with Crippen molar-refractivity contribution in [3.8, 4) is 0 Å². The van der Waals surface area contributed by atoms with Gasteiger partial charge in [0.25, 0.3) is 0 Å². The summed E-state index contributed by atoms with van der Waals surface area (Å²) in [5.41, 5.74) is -0.00664. The Kier molecular flexibility index (Phi) is 3.82.